The summed E-state index contributed by atoms with van der Waals surface area (Å²) in [5.41, 5.74) is 0. The first kappa shape index (κ1) is 9.29. The van der Waals surface area contributed by atoms with Crippen LogP contribution in [0.2, 0.25) is 0 Å². The van der Waals surface area contributed by atoms with Crippen LogP contribution >= 0.6 is 27.7 Å². The van der Waals surface area contributed by atoms with Gasteiger partial charge in [0, 0.05) is 16.4 Å². The summed E-state index contributed by atoms with van der Waals surface area (Å²) < 4.78 is 1.16. The fourth-order valence-electron chi connectivity index (χ4n) is 0.711. The Morgan fingerprint density at radius 3 is 3.00 bits per heavy atom. The van der Waals surface area contributed by atoms with E-state index in [1.165, 1.54) is 0 Å². The molecule has 0 radical (unpaired) electrons. The van der Waals surface area contributed by atoms with Crippen molar-refractivity contribution in [3.8, 4) is 0 Å². The predicted octanol–water partition coefficient (Wildman–Crippen LogP) is 1.98. The second-order valence-corrected chi connectivity index (χ2v) is 4.36. The average molecular weight is 235 g/mol. The lowest BCUT2D eigenvalue weighted by atomic mass is 10.4. The van der Waals surface area contributed by atoms with Gasteiger partial charge < -0.3 is 5.32 Å². The molecule has 1 unspecified atom stereocenters. The molecule has 4 heteroatoms. The topological polar surface area (TPSA) is 24.4 Å². The van der Waals surface area contributed by atoms with E-state index < -0.39 is 0 Å². The third-order valence-corrected chi connectivity index (χ3v) is 3.56. The monoisotopic (exact) mass is 234 g/mol. The van der Waals surface area contributed by atoms with Crippen molar-refractivity contribution in [2.75, 3.05) is 12.8 Å². The van der Waals surface area contributed by atoms with Crippen molar-refractivity contribution < 1.29 is 0 Å². The van der Waals surface area contributed by atoms with E-state index in [2.05, 4.69) is 33.2 Å². The minimum atomic E-state index is 0.372. The summed E-state index contributed by atoms with van der Waals surface area (Å²) >= 11 is 5.18. The number of hydrogen-bond donors (Lipinski definition) is 1. The molecule has 1 rings (SSSR count). The molecule has 0 aliphatic carbocycles. The van der Waals surface area contributed by atoms with Gasteiger partial charge in [-0.05, 0) is 14.0 Å². The third kappa shape index (κ3) is 2.61. The Bertz CT molecular complexity index is 201. The van der Waals surface area contributed by atoms with Gasteiger partial charge in [-0.3, -0.25) is 4.99 Å². The van der Waals surface area contributed by atoms with E-state index >= 15 is 0 Å². The normalized spacial score (nSPS) is 20.6. The van der Waals surface area contributed by atoms with E-state index in [0.29, 0.717) is 6.04 Å². The zero-order chi connectivity index (χ0) is 8.27. The first-order valence-corrected chi connectivity index (χ1v) is 5.24. The number of aliphatic imine (C=N–C) groups is 1. The van der Waals surface area contributed by atoms with E-state index in [1.54, 1.807) is 11.8 Å². The molecular formula is C7H11BrN2S. The fourth-order valence-corrected chi connectivity index (χ4v) is 2.01. The molecular weight excluding hydrogens is 224 g/mol. The Balaban J connectivity index is 2.60. The number of rotatable bonds is 2. The van der Waals surface area contributed by atoms with Gasteiger partial charge in [0.15, 0.2) is 0 Å². The predicted molar refractivity (Wildman–Crippen MR) is 55.4 cm³/mol. The maximum Gasteiger partial charge on any atom is 0.0902 e. The molecule has 0 aromatic heterocycles. The average Bonchev–Trinajstić information content (AvgIpc) is 2.05. The molecule has 0 amide bonds. The highest BCUT2D eigenvalue weighted by molar-refractivity contribution is 9.11. The molecule has 1 N–H and O–H groups in total. The van der Waals surface area contributed by atoms with Crippen molar-refractivity contribution in [3.05, 3.63) is 10.7 Å². The minimum Gasteiger partial charge on any atom is -0.311 e. The van der Waals surface area contributed by atoms with Crippen LogP contribution in [0.1, 0.15) is 6.92 Å². The maximum absolute atomic E-state index is 4.29. The Morgan fingerprint density at radius 2 is 2.55 bits per heavy atom. The second-order valence-electron chi connectivity index (χ2n) is 2.34. The van der Waals surface area contributed by atoms with Crippen LogP contribution in [-0.4, -0.2) is 23.9 Å². The second kappa shape index (κ2) is 4.28. The summed E-state index contributed by atoms with van der Waals surface area (Å²) in [6.45, 7) is 2.11. The van der Waals surface area contributed by atoms with Crippen LogP contribution in [-0.2, 0) is 0 Å². The van der Waals surface area contributed by atoms with Gasteiger partial charge in [-0.15, -0.1) is 11.8 Å². The first-order chi connectivity index (χ1) is 5.24. The van der Waals surface area contributed by atoms with E-state index in [1.807, 2.05) is 13.2 Å². The largest absolute Gasteiger partial charge is 0.311 e. The SMILES string of the molecule is CNC(C)C1=NC=C(Br)CS1. The Hall–Kier alpha value is 0.200. The summed E-state index contributed by atoms with van der Waals surface area (Å²) in [5, 5.41) is 4.32. The zero-order valence-electron chi connectivity index (χ0n) is 6.60. The van der Waals surface area contributed by atoms with Gasteiger partial charge in [0.25, 0.3) is 0 Å². The van der Waals surface area contributed by atoms with Crippen LogP contribution in [0.25, 0.3) is 0 Å². The summed E-state index contributed by atoms with van der Waals surface area (Å²) in [6.07, 6.45) is 1.87. The number of nitrogens with zero attached hydrogens (tertiary/aromatic N) is 1. The van der Waals surface area contributed by atoms with Crippen LogP contribution in [0.3, 0.4) is 0 Å². The Kier molecular flexibility index (Phi) is 3.62. The highest BCUT2D eigenvalue weighted by atomic mass is 79.9. The molecule has 1 atom stereocenters. The maximum atomic E-state index is 4.29. The molecule has 0 aromatic carbocycles. The number of halogens is 1. The van der Waals surface area contributed by atoms with Crippen molar-refractivity contribution in [3.63, 3.8) is 0 Å². The van der Waals surface area contributed by atoms with Gasteiger partial charge in [0.05, 0.1) is 11.1 Å². The Labute approximate surface area is 79.7 Å². The molecule has 62 valence electrons. The first-order valence-electron chi connectivity index (χ1n) is 3.46. The highest BCUT2D eigenvalue weighted by Gasteiger charge is 2.11. The molecule has 1 heterocycles. The van der Waals surface area contributed by atoms with Crippen molar-refractivity contribution in [2.24, 2.45) is 4.99 Å². The molecule has 0 saturated heterocycles. The van der Waals surface area contributed by atoms with Crippen LogP contribution in [0, 0.1) is 0 Å². The van der Waals surface area contributed by atoms with E-state index in [-0.39, 0.29) is 0 Å². The van der Waals surface area contributed by atoms with Crippen LogP contribution in [0.4, 0.5) is 0 Å². The van der Waals surface area contributed by atoms with Gasteiger partial charge in [0.2, 0.25) is 0 Å². The van der Waals surface area contributed by atoms with E-state index in [0.717, 1.165) is 15.3 Å². The van der Waals surface area contributed by atoms with Crippen molar-refractivity contribution in [1.29, 1.82) is 0 Å². The highest BCUT2D eigenvalue weighted by Crippen LogP contribution is 2.21. The van der Waals surface area contributed by atoms with Crippen molar-refractivity contribution in [1.82, 2.24) is 5.32 Å². The third-order valence-electron chi connectivity index (χ3n) is 1.49. The number of nitrogens with one attached hydrogen (secondary N) is 1. The van der Waals surface area contributed by atoms with Gasteiger partial charge >= 0.3 is 0 Å². The van der Waals surface area contributed by atoms with Crippen molar-refractivity contribution in [2.45, 2.75) is 13.0 Å². The van der Waals surface area contributed by atoms with E-state index in [4.69, 9.17) is 0 Å². The smallest absolute Gasteiger partial charge is 0.0902 e. The molecule has 0 spiro atoms. The lowest BCUT2D eigenvalue weighted by Gasteiger charge is -2.15. The quantitative estimate of drug-likeness (QED) is 0.791. The lowest BCUT2D eigenvalue weighted by molar-refractivity contribution is 0.770. The molecule has 1 aliphatic heterocycles. The van der Waals surface area contributed by atoms with E-state index in [9.17, 15) is 0 Å². The summed E-state index contributed by atoms with van der Waals surface area (Å²) in [5.74, 6) is 1.00. The molecule has 0 fully saturated rings. The summed E-state index contributed by atoms with van der Waals surface area (Å²) in [7, 11) is 1.95. The van der Waals surface area contributed by atoms with Gasteiger partial charge in [-0.25, -0.2) is 0 Å². The van der Waals surface area contributed by atoms with Crippen LogP contribution in [0.5, 0.6) is 0 Å². The molecule has 2 nitrogen and oxygen atoms in total. The number of thioether (sulfide) groups is 1. The molecule has 0 saturated carbocycles. The fraction of sp³-hybridized carbons (Fsp3) is 0.571. The zero-order valence-corrected chi connectivity index (χ0v) is 9.00. The Morgan fingerprint density at radius 1 is 1.82 bits per heavy atom. The minimum absolute atomic E-state index is 0.372. The standard InChI is InChI=1S/C7H11BrN2S/c1-5(9-2)7-10-3-6(8)4-11-7/h3,5,9H,4H2,1-2H3. The van der Waals surface area contributed by atoms with Gasteiger partial charge in [0.1, 0.15) is 0 Å². The van der Waals surface area contributed by atoms with Gasteiger partial charge in [-0.2, -0.15) is 0 Å². The van der Waals surface area contributed by atoms with Crippen LogP contribution in [0.15, 0.2) is 15.7 Å². The molecule has 1 aliphatic rings. The molecule has 11 heavy (non-hydrogen) atoms. The summed E-state index contributed by atoms with van der Waals surface area (Å²) in [6, 6.07) is 0.372. The lowest BCUT2D eigenvalue weighted by Crippen LogP contribution is -2.29. The number of hydrogen-bond acceptors (Lipinski definition) is 3. The van der Waals surface area contributed by atoms with Gasteiger partial charge in [-0.1, -0.05) is 15.9 Å². The summed E-state index contributed by atoms with van der Waals surface area (Å²) in [4.78, 5) is 4.29. The van der Waals surface area contributed by atoms with Crippen LogP contribution < -0.4 is 5.32 Å². The molecule has 0 bridgehead atoms. The van der Waals surface area contributed by atoms with Crippen molar-refractivity contribution >= 4 is 32.7 Å². The molecule has 0 aromatic rings.